The lowest BCUT2D eigenvalue weighted by Gasteiger charge is -2.06. The topological polar surface area (TPSA) is 112 Å². The molecule has 0 aromatic heterocycles. The summed E-state index contributed by atoms with van der Waals surface area (Å²) in [6.45, 7) is 1.86. The van der Waals surface area contributed by atoms with Crippen molar-refractivity contribution in [2.75, 3.05) is 5.73 Å². The fourth-order valence-electron chi connectivity index (χ4n) is 1.52. The first-order valence-corrected chi connectivity index (χ1v) is 5.04. The minimum atomic E-state index is -1.77. The zero-order chi connectivity index (χ0) is 13.0. The van der Waals surface area contributed by atoms with Gasteiger partial charge in [0.1, 0.15) is 0 Å². The molecule has 0 atom stereocenters. The van der Waals surface area contributed by atoms with Crippen LogP contribution in [-0.2, 0) is 6.42 Å². The minimum absolute atomic E-state index is 0.159. The van der Waals surface area contributed by atoms with Gasteiger partial charge in [-0.3, -0.25) is 20.2 Å². The van der Waals surface area contributed by atoms with Crippen LogP contribution >= 0.6 is 0 Å². The van der Waals surface area contributed by atoms with Crippen LogP contribution in [0, 0.1) is 27.2 Å². The van der Waals surface area contributed by atoms with Crippen molar-refractivity contribution in [1.82, 2.24) is 0 Å². The summed E-state index contributed by atoms with van der Waals surface area (Å²) in [4.78, 5) is 19.1. The summed E-state index contributed by atoms with van der Waals surface area (Å²) < 4.78 is 0. The first-order valence-electron chi connectivity index (χ1n) is 5.04. The third kappa shape index (κ3) is 3.40. The molecule has 7 heteroatoms. The summed E-state index contributed by atoms with van der Waals surface area (Å²) in [5.74, 6) is 0. The first kappa shape index (κ1) is 12.9. The van der Waals surface area contributed by atoms with Crippen LogP contribution in [0.5, 0.6) is 0 Å². The van der Waals surface area contributed by atoms with Crippen molar-refractivity contribution in [2.24, 2.45) is 0 Å². The standard InChI is InChI=1S/C10H13N3O4/c1-7-2-4-9(11)8(6-7)3-5-10(12(14)15)13(16)17/h2,4,6,10H,3,5,11H2,1H3. The lowest BCUT2D eigenvalue weighted by molar-refractivity contribution is -0.742. The van der Waals surface area contributed by atoms with Crippen LogP contribution in [0.2, 0.25) is 0 Å². The minimum Gasteiger partial charge on any atom is -0.399 e. The predicted molar refractivity (Wildman–Crippen MR) is 61.7 cm³/mol. The zero-order valence-corrected chi connectivity index (χ0v) is 9.33. The fraction of sp³-hybridized carbons (Fsp3) is 0.400. The summed E-state index contributed by atoms with van der Waals surface area (Å²) in [5.41, 5.74) is 7.86. The first-order chi connectivity index (χ1) is 7.91. The molecule has 0 saturated carbocycles. The summed E-state index contributed by atoms with van der Waals surface area (Å²) in [6, 6.07) is 5.29. The van der Waals surface area contributed by atoms with Crippen molar-refractivity contribution in [3.05, 3.63) is 49.6 Å². The van der Waals surface area contributed by atoms with Gasteiger partial charge in [0.2, 0.25) is 0 Å². The van der Waals surface area contributed by atoms with Crippen LogP contribution in [0.25, 0.3) is 0 Å². The van der Waals surface area contributed by atoms with Gasteiger partial charge in [-0.15, -0.1) is 0 Å². The number of hydrogen-bond donors (Lipinski definition) is 1. The number of benzene rings is 1. The summed E-state index contributed by atoms with van der Waals surface area (Å²) >= 11 is 0. The van der Waals surface area contributed by atoms with Crippen LogP contribution in [0.3, 0.4) is 0 Å². The molecule has 7 nitrogen and oxygen atoms in total. The van der Waals surface area contributed by atoms with Crippen LogP contribution in [0.4, 0.5) is 5.69 Å². The van der Waals surface area contributed by atoms with E-state index in [1.807, 2.05) is 13.0 Å². The maximum atomic E-state index is 10.4. The van der Waals surface area contributed by atoms with Gasteiger partial charge in [-0.1, -0.05) is 17.7 Å². The lowest BCUT2D eigenvalue weighted by atomic mass is 10.0. The molecule has 0 unspecified atom stereocenters. The van der Waals surface area contributed by atoms with Crippen LogP contribution in [0.1, 0.15) is 17.5 Å². The lowest BCUT2D eigenvalue weighted by Crippen LogP contribution is -2.29. The summed E-state index contributed by atoms with van der Waals surface area (Å²) in [7, 11) is 0. The van der Waals surface area contributed by atoms with Gasteiger partial charge in [-0.05, 0) is 25.0 Å². The second-order valence-electron chi connectivity index (χ2n) is 3.79. The van der Waals surface area contributed by atoms with E-state index < -0.39 is 16.0 Å². The van der Waals surface area contributed by atoms with Crippen molar-refractivity contribution in [3.63, 3.8) is 0 Å². The average Bonchev–Trinajstić information content (AvgIpc) is 2.22. The van der Waals surface area contributed by atoms with Gasteiger partial charge in [0.25, 0.3) is 0 Å². The van der Waals surface area contributed by atoms with Gasteiger partial charge in [0.15, 0.2) is 0 Å². The molecule has 0 saturated heterocycles. The monoisotopic (exact) mass is 239 g/mol. The second kappa shape index (κ2) is 5.24. The van der Waals surface area contributed by atoms with Gasteiger partial charge < -0.3 is 5.73 Å². The van der Waals surface area contributed by atoms with E-state index in [0.717, 1.165) is 5.56 Å². The van der Waals surface area contributed by atoms with E-state index in [4.69, 9.17) is 5.73 Å². The normalized spacial score (nSPS) is 10.5. The fourth-order valence-corrected chi connectivity index (χ4v) is 1.52. The number of nitro groups is 2. The van der Waals surface area contributed by atoms with Gasteiger partial charge >= 0.3 is 6.17 Å². The third-order valence-corrected chi connectivity index (χ3v) is 2.46. The van der Waals surface area contributed by atoms with E-state index in [9.17, 15) is 20.2 Å². The third-order valence-electron chi connectivity index (χ3n) is 2.46. The molecule has 2 N–H and O–H groups in total. The highest BCUT2D eigenvalue weighted by Gasteiger charge is 2.31. The SMILES string of the molecule is Cc1ccc(N)c(CCC([N+](=O)[O-])[N+](=O)[O-])c1. The molecule has 0 aliphatic heterocycles. The highest BCUT2D eigenvalue weighted by atomic mass is 16.7. The number of aryl methyl sites for hydroxylation is 2. The van der Waals surface area contributed by atoms with E-state index in [1.165, 1.54) is 0 Å². The van der Waals surface area contributed by atoms with E-state index in [2.05, 4.69) is 0 Å². The Labute approximate surface area is 97.5 Å². The van der Waals surface area contributed by atoms with E-state index in [0.29, 0.717) is 11.3 Å². The van der Waals surface area contributed by atoms with Crippen LogP contribution < -0.4 is 5.73 Å². The maximum absolute atomic E-state index is 10.4. The Bertz CT molecular complexity index is 433. The van der Waals surface area contributed by atoms with Gasteiger partial charge in [-0.25, -0.2) is 0 Å². The number of nitrogen functional groups attached to an aromatic ring is 1. The number of anilines is 1. The Morgan fingerprint density at radius 1 is 1.29 bits per heavy atom. The molecule has 0 heterocycles. The van der Waals surface area contributed by atoms with Gasteiger partial charge in [-0.2, -0.15) is 0 Å². The molecule has 1 aromatic carbocycles. The molecule has 0 radical (unpaired) electrons. The molecule has 92 valence electrons. The molecular formula is C10H13N3O4. The number of rotatable bonds is 5. The molecule has 0 aliphatic carbocycles. The average molecular weight is 239 g/mol. The molecule has 1 rings (SSSR count). The zero-order valence-electron chi connectivity index (χ0n) is 9.33. The van der Waals surface area contributed by atoms with Crippen LogP contribution in [0.15, 0.2) is 18.2 Å². The molecule has 0 aliphatic rings. The van der Waals surface area contributed by atoms with Gasteiger partial charge in [0.05, 0.1) is 16.3 Å². The highest BCUT2D eigenvalue weighted by molar-refractivity contribution is 5.48. The van der Waals surface area contributed by atoms with Crippen molar-refractivity contribution >= 4 is 5.69 Å². The molecule has 0 amide bonds. The van der Waals surface area contributed by atoms with Crippen molar-refractivity contribution < 1.29 is 9.85 Å². The molecule has 17 heavy (non-hydrogen) atoms. The second-order valence-corrected chi connectivity index (χ2v) is 3.79. The predicted octanol–water partition coefficient (Wildman–Crippen LogP) is 1.39. The van der Waals surface area contributed by atoms with E-state index in [-0.39, 0.29) is 12.8 Å². The quantitative estimate of drug-likeness (QED) is 0.361. The highest BCUT2D eigenvalue weighted by Crippen LogP contribution is 2.17. The summed E-state index contributed by atoms with van der Waals surface area (Å²) in [5, 5.41) is 20.9. The maximum Gasteiger partial charge on any atom is 0.451 e. The number of nitrogens with two attached hydrogens (primary N) is 1. The van der Waals surface area contributed by atoms with Crippen LogP contribution in [-0.4, -0.2) is 16.0 Å². The van der Waals surface area contributed by atoms with E-state index in [1.54, 1.807) is 12.1 Å². The summed E-state index contributed by atoms with van der Waals surface area (Å²) in [6.07, 6.45) is -1.71. The van der Waals surface area contributed by atoms with E-state index >= 15 is 0 Å². The molecule has 0 fully saturated rings. The molecule has 0 bridgehead atoms. The Hall–Kier alpha value is -2.18. The smallest absolute Gasteiger partial charge is 0.399 e. The Balaban J connectivity index is 2.75. The molecule has 1 aromatic rings. The largest absolute Gasteiger partial charge is 0.451 e. The van der Waals surface area contributed by atoms with Crippen molar-refractivity contribution in [2.45, 2.75) is 25.9 Å². The molecular weight excluding hydrogens is 226 g/mol. The Morgan fingerprint density at radius 3 is 2.41 bits per heavy atom. The Morgan fingerprint density at radius 2 is 1.88 bits per heavy atom. The van der Waals surface area contributed by atoms with Crippen molar-refractivity contribution in [1.29, 1.82) is 0 Å². The Kier molecular flexibility index (Phi) is 3.97. The van der Waals surface area contributed by atoms with Gasteiger partial charge in [0, 0.05) is 5.69 Å². The molecule has 0 spiro atoms. The number of hydrogen-bond acceptors (Lipinski definition) is 5. The number of nitrogens with zero attached hydrogens (tertiary/aromatic N) is 2. The van der Waals surface area contributed by atoms with Crippen molar-refractivity contribution in [3.8, 4) is 0 Å².